The van der Waals surface area contributed by atoms with Crippen LogP contribution in [0.4, 0.5) is 8.78 Å². The van der Waals surface area contributed by atoms with Crippen LogP contribution >= 0.6 is 0 Å². The zero-order chi connectivity index (χ0) is 19.3. The first-order valence-electron chi connectivity index (χ1n) is 7.89. The quantitative estimate of drug-likeness (QED) is 0.684. The first-order valence-corrected chi connectivity index (χ1v) is 7.89. The molecule has 136 valence electrons. The number of hydrogen-bond donors (Lipinski definition) is 2. The number of fused-ring (bicyclic) bond motifs is 2. The summed E-state index contributed by atoms with van der Waals surface area (Å²) < 4.78 is 26.7. The summed E-state index contributed by atoms with van der Waals surface area (Å²) in [5, 5.41) is 9.56. The first kappa shape index (κ1) is 16.8. The van der Waals surface area contributed by atoms with Crippen LogP contribution < -0.4 is 0 Å². The second-order valence-corrected chi connectivity index (χ2v) is 6.07. The van der Waals surface area contributed by atoms with Gasteiger partial charge in [-0.2, -0.15) is 0 Å². The van der Waals surface area contributed by atoms with Gasteiger partial charge in [0.2, 0.25) is 0 Å². The number of hydrogen-bond acceptors (Lipinski definition) is 4. The number of aromatic amines is 1. The summed E-state index contributed by atoms with van der Waals surface area (Å²) in [5.41, 5.74) is 0.538. The van der Waals surface area contributed by atoms with E-state index >= 15 is 0 Å². The third-order valence-corrected chi connectivity index (χ3v) is 4.36. The molecule has 0 spiro atoms. The highest BCUT2D eigenvalue weighted by molar-refractivity contribution is 6.22. The van der Waals surface area contributed by atoms with Crippen molar-refractivity contribution in [3.63, 3.8) is 0 Å². The molecule has 0 fully saturated rings. The summed E-state index contributed by atoms with van der Waals surface area (Å²) in [6.45, 7) is 0. The Hall–Kier alpha value is -3.62. The van der Waals surface area contributed by atoms with Crippen LogP contribution in [0.2, 0.25) is 0 Å². The van der Waals surface area contributed by atoms with Crippen molar-refractivity contribution in [2.24, 2.45) is 0 Å². The largest absolute Gasteiger partial charge is 0.480 e. The number of H-pyrrole nitrogens is 1. The van der Waals surface area contributed by atoms with Crippen molar-refractivity contribution in [2.75, 3.05) is 0 Å². The second-order valence-electron chi connectivity index (χ2n) is 6.07. The van der Waals surface area contributed by atoms with E-state index in [2.05, 4.69) is 9.97 Å². The molecule has 7 nitrogen and oxygen atoms in total. The number of aromatic nitrogens is 2. The number of carbonyl (C=O) groups excluding carboxylic acids is 2. The Labute approximate surface area is 150 Å². The number of nitrogens with zero attached hydrogens (tertiary/aromatic N) is 2. The monoisotopic (exact) mass is 371 g/mol. The highest BCUT2D eigenvalue weighted by Gasteiger charge is 2.43. The summed E-state index contributed by atoms with van der Waals surface area (Å²) >= 11 is 0. The zero-order valence-corrected chi connectivity index (χ0v) is 13.6. The van der Waals surface area contributed by atoms with Gasteiger partial charge in [0.1, 0.15) is 23.5 Å². The molecule has 4 rings (SSSR count). The molecular weight excluding hydrogens is 360 g/mol. The summed E-state index contributed by atoms with van der Waals surface area (Å²) in [6, 6.07) is 5.35. The standard InChI is InChI=1S/C18H11F2N3O4/c19-8-1-3-10-11(5-8)17(25)23(16(10)24)14(18(26)27)7-15-21-12-4-2-9(20)6-13(12)22-15/h1-6,14H,7H2,(H,21,22)(H,26,27). The second kappa shape index (κ2) is 5.97. The molecule has 1 unspecified atom stereocenters. The van der Waals surface area contributed by atoms with Gasteiger partial charge >= 0.3 is 5.97 Å². The fourth-order valence-electron chi connectivity index (χ4n) is 3.12. The fourth-order valence-corrected chi connectivity index (χ4v) is 3.12. The highest BCUT2D eigenvalue weighted by atomic mass is 19.1. The molecule has 1 aliphatic rings. The predicted molar refractivity (Wildman–Crippen MR) is 88.1 cm³/mol. The number of aliphatic carboxylic acids is 1. The van der Waals surface area contributed by atoms with Crippen LogP contribution in [0.5, 0.6) is 0 Å². The Kier molecular flexibility index (Phi) is 3.72. The maximum absolute atomic E-state index is 13.4. The fraction of sp³-hybridized carbons (Fsp3) is 0.111. The van der Waals surface area contributed by atoms with Crippen molar-refractivity contribution in [1.82, 2.24) is 14.9 Å². The third-order valence-electron chi connectivity index (χ3n) is 4.36. The Balaban J connectivity index is 1.69. The number of carbonyl (C=O) groups is 3. The number of carboxylic acids is 1. The number of nitrogens with one attached hydrogen (secondary N) is 1. The van der Waals surface area contributed by atoms with Crippen LogP contribution in [0.1, 0.15) is 26.5 Å². The maximum atomic E-state index is 13.4. The van der Waals surface area contributed by atoms with E-state index in [0.29, 0.717) is 15.9 Å². The van der Waals surface area contributed by atoms with E-state index in [1.807, 2.05) is 0 Å². The van der Waals surface area contributed by atoms with Gasteiger partial charge in [-0.15, -0.1) is 0 Å². The van der Waals surface area contributed by atoms with Crippen molar-refractivity contribution in [2.45, 2.75) is 12.5 Å². The van der Waals surface area contributed by atoms with Crippen LogP contribution in [0.25, 0.3) is 11.0 Å². The van der Waals surface area contributed by atoms with E-state index < -0.39 is 35.5 Å². The Morgan fingerprint density at radius 1 is 1.07 bits per heavy atom. The van der Waals surface area contributed by atoms with Gasteiger partial charge in [-0.1, -0.05) is 0 Å². The topological polar surface area (TPSA) is 103 Å². The van der Waals surface area contributed by atoms with Gasteiger partial charge in [-0.05, 0) is 36.4 Å². The molecule has 0 bridgehead atoms. The van der Waals surface area contributed by atoms with Crippen LogP contribution in [-0.2, 0) is 11.2 Å². The highest BCUT2D eigenvalue weighted by Crippen LogP contribution is 2.27. The van der Waals surface area contributed by atoms with Crippen molar-refractivity contribution in [3.05, 3.63) is 65.0 Å². The minimum absolute atomic E-state index is 0.0562. The van der Waals surface area contributed by atoms with E-state index in [1.165, 1.54) is 18.2 Å². The Bertz CT molecular complexity index is 1120. The average molecular weight is 371 g/mol. The van der Waals surface area contributed by atoms with Crippen molar-refractivity contribution in [1.29, 1.82) is 0 Å². The number of amides is 2. The number of carboxylic acid groups (broad SMARTS) is 1. The first-order chi connectivity index (χ1) is 12.8. The number of benzene rings is 2. The lowest BCUT2D eigenvalue weighted by Crippen LogP contribution is -2.46. The molecule has 0 radical (unpaired) electrons. The molecule has 9 heteroatoms. The molecule has 27 heavy (non-hydrogen) atoms. The zero-order valence-electron chi connectivity index (χ0n) is 13.6. The van der Waals surface area contributed by atoms with Gasteiger partial charge < -0.3 is 10.1 Å². The SMILES string of the molecule is O=C(O)C(Cc1nc2ccc(F)cc2[nH]1)N1C(=O)c2ccc(F)cc2C1=O. The molecule has 2 aromatic carbocycles. The molecule has 1 atom stereocenters. The predicted octanol–water partition coefficient (Wildman–Crippen LogP) is 2.13. The lowest BCUT2D eigenvalue weighted by Gasteiger charge is -2.21. The van der Waals surface area contributed by atoms with Gasteiger partial charge in [0.25, 0.3) is 11.8 Å². The minimum atomic E-state index is -1.55. The molecular formula is C18H11F2N3O4. The molecule has 1 aromatic heterocycles. The molecule has 0 aliphatic carbocycles. The average Bonchev–Trinajstić information content (AvgIpc) is 3.11. The summed E-state index contributed by atoms with van der Waals surface area (Å²) in [6.07, 6.45) is -0.306. The normalized spacial score (nSPS) is 14.7. The summed E-state index contributed by atoms with van der Waals surface area (Å²) in [7, 11) is 0. The van der Waals surface area contributed by atoms with E-state index in [1.54, 1.807) is 0 Å². The van der Waals surface area contributed by atoms with E-state index in [4.69, 9.17) is 0 Å². The molecule has 0 saturated heterocycles. The summed E-state index contributed by atoms with van der Waals surface area (Å²) in [4.78, 5) is 44.3. The smallest absolute Gasteiger partial charge is 0.327 e. The van der Waals surface area contributed by atoms with Crippen LogP contribution in [0, 0.1) is 11.6 Å². The summed E-state index contributed by atoms with van der Waals surface area (Å²) in [5.74, 6) is -4.14. The van der Waals surface area contributed by atoms with Crippen molar-refractivity contribution < 1.29 is 28.3 Å². The van der Waals surface area contributed by atoms with Gasteiger partial charge in [-0.3, -0.25) is 14.5 Å². The number of halogens is 2. The number of imidazole rings is 1. The van der Waals surface area contributed by atoms with Crippen LogP contribution in [0.15, 0.2) is 36.4 Å². The number of imide groups is 1. The van der Waals surface area contributed by atoms with Gasteiger partial charge in [-0.25, -0.2) is 18.6 Å². The van der Waals surface area contributed by atoms with Crippen molar-refractivity contribution >= 4 is 28.8 Å². The molecule has 1 aliphatic heterocycles. The Morgan fingerprint density at radius 2 is 1.74 bits per heavy atom. The minimum Gasteiger partial charge on any atom is -0.480 e. The van der Waals surface area contributed by atoms with Crippen molar-refractivity contribution in [3.8, 4) is 0 Å². The lowest BCUT2D eigenvalue weighted by molar-refractivity contribution is -0.141. The third kappa shape index (κ3) is 2.73. The van der Waals surface area contributed by atoms with Crippen LogP contribution in [0.3, 0.4) is 0 Å². The molecule has 2 N–H and O–H groups in total. The molecule has 2 heterocycles. The Morgan fingerprint density at radius 3 is 2.48 bits per heavy atom. The van der Waals surface area contributed by atoms with Gasteiger partial charge in [0.15, 0.2) is 0 Å². The van der Waals surface area contributed by atoms with Gasteiger partial charge in [0.05, 0.1) is 22.2 Å². The molecule has 0 saturated carbocycles. The van der Waals surface area contributed by atoms with E-state index in [0.717, 1.165) is 18.2 Å². The van der Waals surface area contributed by atoms with E-state index in [-0.39, 0.29) is 23.4 Å². The number of rotatable bonds is 4. The lowest BCUT2D eigenvalue weighted by atomic mass is 10.1. The molecule has 3 aromatic rings. The maximum Gasteiger partial charge on any atom is 0.327 e. The van der Waals surface area contributed by atoms with E-state index in [9.17, 15) is 28.3 Å². The molecule has 2 amide bonds. The van der Waals surface area contributed by atoms with Crippen LogP contribution in [-0.4, -0.2) is 43.8 Å². The van der Waals surface area contributed by atoms with Gasteiger partial charge in [0, 0.05) is 6.42 Å².